The Labute approximate surface area is 106 Å². The molecular weight excluding hydrogens is 234 g/mol. The number of aromatic nitrogens is 3. The zero-order valence-electron chi connectivity index (χ0n) is 10.4. The van der Waals surface area contributed by atoms with Gasteiger partial charge in [-0.25, -0.2) is 4.98 Å². The molecule has 0 amide bonds. The van der Waals surface area contributed by atoms with E-state index in [2.05, 4.69) is 27.3 Å². The van der Waals surface area contributed by atoms with Crippen LogP contribution in [-0.4, -0.2) is 38.3 Å². The molecular formula is C11H19N5S. The molecule has 1 aromatic rings. The maximum atomic E-state index is 4.57. The topological polar surface area (TPSA) is 55.1 Å². The van der Waals surface area contributed by atoms with E-state index in [4.69, 9.17) is 0 Å². The number of aryl methyl sites for hydroxylation is 1. The van der Waals surface area contributed by atoms with Crippen molar-refractivity contribution in [3.05, 3.63) is 12.2 Å². The van der Waals surface area contributed by atoms with Gasteiger partial charge in [-0.3, -0.25) is 9.67 Å². The van der Waals surface area contributed by atoms with Crippen molar-refractivity contribution in [3.63, 3.8) is 0 Å². The van der Waals surface area contributed by atoms with E-state index in [1.54, 1.807) is 11.0 Å². The molecule has 0 spiro atoms. The van der Waals surface area contributed by atoms with E-state index in [9.17, 15) is 0 Å². The predicted octanol–water partition coefficient (Wildman–Crippen LogP) is 1.22. The molecule has 17 heavy (non-hydrogen) atoms. The highest BCUT2D eigenvalue weighted by Crippen LogP contribution is 2.15. The molecule has 6 heteroatoms. The Bertz CT molecular complexity index is 387. The largest absolute Gasteiger partial charge is 0.362 e. The van der Waals surface area contributed by atoms with Crippen molar-refractivity contribution in [1.29, 1.82) is 0 Å². The van der Waals surface area contributed by atoms with Crippen LogP contribution in [0.4, 0.5) is 0 Å². The summed E-state index contributed by atoms with van der Waals surface area (Å²) in [5.74, 6) is 2.04. The van der Waals surface area contributed by atoms with Crippen molar-refractivity contribution < 1.29 is 0 Å². The van der Waals surface area contributed by atoms with Gasteiger partial charge in [0.1, 0.15) is 6.33 Å². The molecule has 0 saturated carbocycles. The Morgan fingerprint density at radius 3 is 3.24 bits per heavy atom. The monoisotopic (exact) mass is 253 g/mol. The maximum Gasteiger partial charge on any atom is 0.156 e. The number of hydrogen-bond acceptors (Lipinski definition) is 4. The fourth-order valence-electron chi connectivity index (χ4n) is 1.74. The second kappa shape index (κ2) is 6.05. The zero-order valence-corrected chi connectivity index (χ0v) is 11.2. The number of nitrogens with zero attached hydrogens (tertiary/aromatic N) is 4. The Morgan fingerprint density at radius 2 is 2.53 bits per heavy atom. The maximum absolute atomic E-state index is 4.57. The van der Waals surface area contributed by atoms with Crippen LogP contribution >= 0.6 is 11.8 Å². The molecule has 0 bridgehead atoms. The third kappa shape index (κ3) is 3.73. The quantitative estimate of drug-likeness (QED) is 0.876. The van der Waals surface area contributed by atoms with Gasteiger partial charge in [0.2, 0.25) is 0 Å². The van der Waals surface area contributed by atoms with Gasteiger partial charge in [-0.15, -0.1) is 0 Å². The van der Waals surface area contributed by atoms with Gasteiger partial charge in [-0.1, -0.05) is 18.7 Å². The summed E-state index contributed by atoms with van der Waals surface area (Å²) in [6.45, 7) is 2.97. The number of hydrogen-bond donors (Lipinski definition) is 1. The molecule has 1 aromatic heterocycles. The predicted molar refractivity (Wildman–Crippen MR) is 71.3 cm³/mol. The minimum atomic E-state index is 0.600. The summed E-state index contributed by atoms with van der Waals surface area (Å²) in [7, 11) is 1.88. The summed E-state index contributed by atoms with van der Waals surface area (Å²) in [5, 5.41) is 8.78. The fraction of sp³-hybridized carbons (Fsp3) is 0.727. The Hall–Kier alpha value is -1.04. The standard InChI is InChI=1S/C11H19N5S/c1-3-9-5-7-17-11(14-9)12-6-4-10-13-8-16(2)15-10/h8-9H,3-7H2,1-2H3,(H,12,14). The smallest absolute Gasteiger partial charge is 0.156 e. The average Bonchev–Trinajstić information content (AvgIpc) is 2.75. The Balaban J connectivity index is 1.80. The van der Waals surface area contributed by atoms with Crippen LogP contribution in [0.1, 0.15) is 25.6 Å². The van der Waals surface area contributed by atoms with Gasteiger partial charge >= 0.3 is 0 Å². The number of amidine groups is 1. The fourth-order valence-corrected chi connectivity index (χ4v) is 2.77. The lowest BCUT2D eigenvalue weighted by molar-refractivity contribution is 0.570. The van der Waals surface area contributed by atoms with Crippen LogP contribution in [-0.2, 0) is 13.5 Å². The van der Waals surface area contributed by atoms with Gasteiger partial charge in [0.05, 0.1) is 0 Å². The van der Waals surface area contributed by atoms with E-state index in [1.807, 2.05) is 18.8 Å². The van der Waals surface area contributed by atoms with Crippen LogP contribution in [0.5, 0.6) is 0 Å². The van der Waals surface area contributed by atoms with Crippen LogP contribution in [0.3, 0.4) is 0 Å². The first-order chi connectivity index (χ1) is 8.28. The molecule has 0 radical (unpaired) electrons. The number of rotatable bonds is 4. The molecule has 5 nitrogen and oxygen atoms in total. The van der Waals surface area contributed by atoms with E-state index in [0.717, 1.165) is 24.0 Å². The first-order valence-corrected chi connectivity index (χ1v) is 7.04. The van der Waals surface area contributed by atoms with Crippen molar-refractivity contribution in [1.82, 2.24) is 20.1 Å². The first kappa shape index (κ1) is 12.4. The summed E-state index contributed by atoms with van der Waals surface area (Å²) >= 11 is 1.82. The highest BCUT2D eigenvalue weighted by molar-refractivity contribution is 8.13. The van der Waals surface area contributed by atoms with Crippen LogP contribution in [0.15, 0.2) is 11.3 Å². The van der Waals surface area contributed by atoms with Crippen molar-refractivity contribution in [2.24, 2.45) is 12.0 Å². The Morgan fingerprint density at radius 1 is 1.65 bits per heavy atom. The summed E-state index contributed by atoms with van der Waals surface area (Å²) in [4.78, 5) is 8.75. The van der Waals surface area contributed by atoms with Crippen LogP contribution in [0.2, 0.25) is 0 Å². The van der Waals surface area contributed by atoms with Crippen molar-refractivity contribution >= 4 is 16.9 Å². The van der Waals surface area contributed by atoms with Gasteiger partial charge in [-0.05, 0) is 12.8 Å². The van der Waals surface area contributed by atoms with E-state index in [1.165, 1.54) is 18.6 Å². The van der Waals surface area contributed by atoms with Gasteiger partial charge in [0.25, 0.3) is 0 Å². The molecule has 1 unspecified atom stereocenters. The Kier molecular flexibility index (Phi) is 4.42. The average molecular weight is 253 g/mol. The minimum absolute atomic E-state index is 0.600. The van der Waals surface area contributed by atoms with Crippen molar-refractivity contribution in [2.75, 3.05) is 12.3 Å². The minimum Gasteiger partial charge on any atom is -0.362 e. The lowest BCUT2D eigenvalue weighted by Crippen LogP contribution is -2.37. The van der Waals surface area contributed by atoms with E-state index in [-0.39, 0.29) is 0 Å². The van der Waals surface area contributed by atoms with Crippen molar-refractivity contribution in [3.8, 4) is 0 Å². The van der Waals surface area contributed by atoms with Gasteiger partial charge < -0.3 is 5.32 Å². The molecule has 0 aromatic carbocycles. The lowest BCUT2D eigenvalue weighted by Gasteiger charge is -2.24. The molecule has 1 N–H and O–H groups in total. The summed E-state index contributed by atoms with van der Waals surface area (Å²) in [6, 6.07) is 0.600. The number of nitrogens with one attached hydrogen (secondary N) is 1. The first-order valence-electron chi connectivity index (χ1n) is 6.06. The van der Waals surface area contributed by atoms with E-state index >= 15 is 0 Å². The van der Waals surface area contributed by atoms with Crippen LogP contribution in [0.25, 0.3) is 0 Å². The normalized spacial score (nSPS) is 22.7. The molecule has 1 fully saturated rings. The molecule has 1 aliphatic heterocycles. The molecule has 0 aliphatic carbocycles. The summed E-state index contributed by atoms with van der Waals surface area (Å²) < 4.78 is 1.73. The third-order valence-corrected chi connectivity index (χ3v) is 3.72. The van der Waals surface area contributed by atoms with Crippen LogP contribution < -0.4 is 5.32 Å². The molecule has 1 saturated heterocycles. The second-order valence-corrected chi connectivity index (χ2v) is 5.24. The van der Waals surface area contributed by atoms with Crippen LogP contribution in [0, 0.1) is 0 Å². The molecule has 2 heterocycles. The second-order valence-electron chi connectivity index (χ2n) is 4.16. The number of aliphatic imine (C=N–C) groups is 1. The molecule has 1 aliphatic rings. The number of thioether (sulfide) groups is 1. The van der Waals surface area contributed by atoms with Gasteiger partial charge in [0, 0.05) is 31.8 Å². The molecule has 2 rings (SSSR count). The van der Waals surface area contributed by atoms with Gasteiger partial charge in [0.15, 0.2) is 11.0 Å². The van der Waals surface area contributed by atoms with E-state index in [0.29, 0.717) is 6.04 Å². The third-order valence-electron chi connectivity index (χ3n) is 2.76. The SMILES string of the molecule is CCC1CCSC(=NCCc2ncn(C)n2)N1. The summed E-state index contributed by atoms with van der Waals surface area (Å²) in [6.07, 6.45) is 4.94. The summed E-state index contributed by atoms with van der Waals surface area (Å²) in [5.41, 5.74) is 0. The highest BCUT2D eigenvalue weighted by atomic mass is 32.2. The molecule has 94 valence electrons. The van der Waals surface area contributed by atoms with Gasteiger partial charge in [-0.2, -0.15) is 5.10 Å². The van der Waals surface area contributed by atoms with E-state index < -0.39 is 0 Å². The molecule has 1 atom stereocenters. The van der Waals surface area contributed by atoms with Crippen molar-refractivity contribution in [2.45, 2.75) is 32.2 Å². The zero-order chi connectivity index (χ0) is 12.1. The highest BCUT2D eigenvalue weighted by Gasteiger charge is 2.15. The lowest BCUT2D eigenvalue weighted by atomic mass is 10.2.